The van der Waals surface area contributed by atoms with E-state index in [0.29, 0.717) is 6.54 Å². The van der Waals surface area contributed by atoms with Crippen LogP contribution in [0.25, 0.3) is 6.08 Å². The van der Waals surface area contributed by atoms with Crippen LogP contribution in [0.3, 0.4) is 0 Å². The number of hydrogen-bond acceptors (Lipinski definition) is 2. The van der Waals surface area contributed by atoms with E-state index in [-0.39, 0.29) is 11.9 Å². The SMILES string of the molecule is O=C1C(/C=C/c2ccccc2)N(Cc2ccccc2)CCN1Cc1ccccc1. The molecule has 0 saturated carbocycles. The zero-order chi connectivity index (χ0) is 19.9. The van der Waals surface area contributed by atoms with Crippen LogP contribution in [0.5, 0.6) is 0 Å². The maximum absolute atomic E-state index is 13.4. The van der Waals surface area contributed by atoms with E-state index in [0.717, 1.165) is 25.2 Å². The average Bonchev–Trinajstić information content (AvgIpc) is 2.77. The van der Waals surface area contributed by atoms with Gasteiger partial charge >= 0.3 is 0 Å². The van der Waals surface area contributed by atoms with Gasteiger partial charge in [0.05, 0.1) is 0 Å². The third-order valence-corrected chi connectivity index (χ3v) is 5.33. The van der Waals surface area contributed by atoms with E-state index in [1.54, 1.807) is 0 Å². The Bertz CT molecular complexity index is 938. The Morgan fingerprint density at radius 3 is 1.90 bits per heavy atom. The lowest BCUT2D eigenvalue weighted by Crippen LogP contribution is -2.55. The van der Waals surface area contributed by atoms with Crippen LogP contribution < -0.4 is 0 Å². The van der Waals surface area contributed by atoms with Gasteiger partial charge in [0.25, 0.3) is 0 Å². The van der Waals surface area contributed by atoms with Crippen molar-refractivity contribution in [3.8, 4) is 0 Å². The summed E-state index contributed by atoms with van der Waals surface area (Å²) in [5.41, 5.74) is 3.51. The molecule has 4 rings (SSSR count). The second kappa shape index (κ2) is 9.35. The van der Waals surface area contributed by atoms with E-state index in [1.807, 2.05) is 47.4 Å². The first-order valence-electron chi connectivity index (χ1n) is 10.1. The summed E-state index contributed by atoms with van der Waals surface area (Å²) < 4.78 is 0. The first kappa shape index (κ1) is 19.2. The maximum Gasteiger partial charge on any atom is 0.244 e. The van der Waals surface area contributed by atoms with Crippen LogP contribution in [-0.4, -0.2) is 34.8 Å². The molecule has 0 radical (unpaired) electrons. The second-order valence-corrected chi connectivity index (χ2v) is 7.42. The van der Waals surface area contributed by atoms with Gasteiger partial charge in [-0.25, -0.2) is 0 Å². The van der Waals surface area contributed by atoms with Gasteiger partial charge in [0.1, 0.15) is 6.04 Å². The molecule has 3 aromatic carbocycles. The van der Waals surface area contributed by atoms with Crippen molar-refractivity contribution in [1.82, 2.24) is 9.80 Å². The third-order valence-electron chi connectivity index (χ3n) is 5.33. The number of piperazine rings is 1. The lowest BCUT2D eigenvalue weighted by atomic mass is 10.1. The van der Waals surface area contributed by atoms with E-state index < -0.39 is 0 Å². The van der Waals surface area contributed by atoms with Gasteiger partial charge in [-0.05, 0) is 16.7 Å². The highest BCUT2D eigenvalue weighted by Gasteiger charge is 2.32. The summed E-state index contributed by atoms with van der Waals surface area (Å²) in [5.74, 6) is 0.170. The fraction of sp³-hybridized carbons (Fsp3) is 0.192. The van der Waals surface area contributed by atoms with Gasteiger partial charge in [0.15, 0.2) is 0 Å². The Balaban J connectivity index is 1.55. The van der Waals surface area contributed by atoms with Gasteiger partial charge in [-0.3, -0.25) is 9.69 Å². The number of amides is 1. The third kappa shape index (κ3) is 5.01. The number of nitrogens with zero attached hydrogens (tertiary/aromatic N) is 2. The van der Waals surface area contributed by atoms with Crippen molar-refractivity contribution in [3.63, 3.8) is 0 Å². The Morgan fingerprint density at radius 1 is 0.724 bits per heavy atom. The quantitative estimate of drug-likeness (QED) is 0.621. The highest BCUT2D eigenvalue weighted by atomic mass is 16.2. The summed E-state index contributed by atoms with van der Waals surface area (Å²) in [5, 5.41) is 0. The van der Waals surface area contributed by atoms with Crippen molar-refractivity contribution in [3.05, 3.63) is 114 Å². The van der Waals surface area contributed by atoms with Crippen LogP contribution in [0.4, 0.5) is 0 Å². The molecule has 1 aliphatic rings. The molecule has 1 unspecified atom stereocenters. The molecule has 3 heteroatoms. The minimum atomic E-state index is -0.257. The Hall–Kier alpha value is -3.17. The van der Waals surface area contributed by atoms with E-state index in [1.165, 1.54) is 11.1 Å². The topological polar surface area (TPSA) is 23.6 Å². The standard InChI is InChI=1S/C26H26N2O/c29-26-25(17-16-22-10-4-1-5-11-22)27(20-23-12-6-2-7-13-23)18-19-28(26)21-24-14-8-3-9-15-24/h1-17,25H,18-21H2/b17-16+. The monoisotopic (exact) mass is 382 g/mol. The molecule has 0 spiro atoms. The number of carbonyl (C=O) groups is 1. The summed E-state index contributed by atoms with van der Waals surface area (Å²) >= 11 is 0. The molecule has 3 aromatic rings. The molecule has 1 atom stereocenters. The lowest BCUT2D eigenvalue weighted by molar-refractivity contribution is -0.140. The molecule has 1 aliphatic heterocycles. The molecule has 29 heavy (non-hydrogen) atoms. The maximum atomic E-state index is 13.4. The highest BCUT2D eigenvalue weighted by Crippen LogP contribution is 2.19. The Labute approximate surface area is 172 Å². The molecule has 1 saturated heterocycles. The van der Waals surface area contributed by atoms with E-state index >= 15 is 0 Å². The van der Waals surface area contributed by atoms with Crippen molar-refractivity contribution < 1.29 is 4.79 Å². The fourth-order valence-electron chi connectivity index (χ4n) is 3.77. The van der Waals surface area contributed by atoms with Crippen molar-refractivity contribution in [2.24, 2.45) is 0 Å². The predicted octanol–water partition coefficient (Wildman–Crippen LogP) is 4.61. The summed E-state index contributed by atoms with van der Waals surface area (Å²) in [6.45, 7) is 3.04. The summed E-state index contributed by atoms with van der Waals surface area (Å²) in [7, 11) is 0. The van der Waals surface area contributed by atoms with Gasteiger partial charge in [-0.1, -0.05) is 103 Å². The zero-order valence-electron chi connectivity index (χ0n) is 16.5. The summed E-state index contributed by atoms with van der Waals surface area (Å²) in [6.07, 6.45) is 4.12. The number of benzene rings is 3. The van der Waals surface area contributed by atoms with Gasteiger partial charge in [-0.15, -0.1) is 0 Å². The number of hydrogen-bond donors (Lipinski definition) is 0. The average molecular weight is 383 g/mol. The molecular formula is C26H26N2O. The van der Waals surface area contributed by atoms with E-state index in [9.17, 15) is 4.79 Å². The van der Waals surface area contributed by atoms with Gasteiger partial charge in [-0.2, -0.15) is 0 Å². The molecule has 0 aromatic heterocycles. The largest absolute Gasteiger partial charge is 0.335 e. The highest BCUT2D eigenvalue weighted by molar-refractivity contribution is 5.85. The smallest absolute Gasteiger partial charge is 0.244 e. The normalized spacial score (nSPS) is 17.7. The van der Waals surface area contributed by atoms with E-state index in [2.05, 4.69) is 65.6 Å². The number of rotatable bonds is 6. The lowest BCUT2D eigenvalue weighted by Gasteiger charge is -2.39. The van der Waals surface area contributed by atoms with Crippen molar-refractivity contribution >= 4 is 12.0 Å². The predicted molar refractivity (Wildman–Crippen MR) is 118 cm³/mol. The van der Waals surface area contributed by atoms with Gasteiger partial charge in [0, 0.05) is 26.2 Å². The van der Waals surface area contributed by atoms with Crippen LogP contribution >= 0.6 is 0 Å². The molecule has 0 bridgehead atoms. The van der Waals surface area contributed by atoms with Crippen LogP contribution in [0.15, 0.2) is 97.1 Å². The molecule has 1 heterocycles. The fourth-order valence-corrected chi connectivity index (χ4v) is 3.77. The van der Waals surface area contributed by atoms with Crippen LogP contribution in [0, 0.1) is 0 Å². The molecule has 0 N–H and O–H groups in total. The van der Waals surface area contributed by atoms with Crippen molar-refractivity contribution in [2.75, 3.05) is 13.1 Å². The minimum Gasteiger partial charge on any atom is -0.335 e. The Kier molecular flexibility index (Phi) is 6.18. The first-order valence-corrected chi connectivity index (χ1v) is 10.1. The number of carbonyl (C=O) groups excluding carboxylic acids is 1. The van der Waals surface area contributed by atoms with Crippen molar-refractivity contribution in [1.29, 1.82) is 0 Å². The van der Waals surface area contributed by atoms with Gasteiger partial charge in [0.2, 0.25) is 5.91 Å². The molecule has 1 amide bonds. The summed E-state index contributed by atoms with van der Waals surface area (Å²) in [6, 6.07) is 30.5. The molecule has 0 aliphatic carbocycles. The van der Waals surface area contributed by atoms with Crippen LogP contribution in [-0.2, 0) is 17.9 Å². The molecule has 3 nitrogen and oxygen atoms in total. The van der Waals surface area contributed by atoms with Gasteiger partial charge < -0.3 is 4.90 Å². The zero-order valence-corrected chi connectivity index (χ0v) is 16.5. The summed E-state index contributed by atoms with van der Waals surface area (Å²) in [4.78, 5) is 17.6. The molecular weight excluding hydrogens is 356 g/mol. The molecule has 146 valence electrons. The minimum absolute atomic E-state index is 0.170. The van der Waals surface area contributed by atoms with Crippen LogP contribution in [0.1, 0.15) is 16.7 Å². The first-order chi connectivity index (χ1) is 14.3. The second-order valence-electron chi connectivity index (χ2n) is 7.42. The van der Waals surface area contributed by atoms with E-state index in [4.69, 9.17) is 0 Å². The Morgan fingerprint density at radius 2 is 1.28 bits per heavy atom. The van der Waals surface area contributed by atoms with Crippen LogP contribution in [0.2, 0.25) is 0 Å². The van der Waals surface area contributed by atoms with Crippen molar-refractivity contribution in [2.45, 2.75) is 19.1 Å². The molecule has 1 fully saturated rings.